The third kappa shape index (κ3) is 3.02. The summed E-state index contributed by atoms with van der Waals surface area (Å²) in [6.45, 7) is 3.83. The lowest BCUT2D eigenvalue weighted by Gasteiger charge is -2.27. The van der Waals surface area contributed by atoms with Crippen molar-refractivity contribution in [2.75, 3.05) is 37.8 Å². The van der Waals surface area contributed by atoms with Gasteiger partial charge in [0.1, 0.15) is 6.10 Å². The van der Waals surface area contributed by atoms with Gasteiger partial charge in [0.15, 0.2) is 0 Å². The summed E-state index contributed by atoms with van der Waals surface area (Å²) in [5.74, 6) is 0.742. The van der Waals surface area contributed by atoms with Gasteiger partial charge < -0.3 is 14.4 Å². The van der Waals surface area contributed by atoms with Crippen LogP contribution in [0.25, 0.3) is 11.3 Å². The van der Waals surface area contributed by atoms with Crippen molar-refractivity contribution < 1.29 is 9.47 Å². The maximum Gasteiger partial charge on any atom is 0.225 e. The highest BCUT2D eigenvalue weighted by Gasteiger charge is 2.25. The lowest BCUT2D eigenvalue weighted by Crippen LogP contribution is -2.37. The first kappa shape index (κ1) is 14.5. The van der Waals surface area contributed by atoms with Gasteiger partial charge in [-0.3, -0.25) is 9.97 Å². The first-order valence-corrected chi connectivity index (χ1v) is 7.99. The van der Waals surface area contributed by atoms with E-state index in [1.807, 2.05) is 6.20 Å². The quantitative estimate of drug-likeness (QED) is 0.852. The number of nitrogens with zero attached hydrogens (tertiary/aromatic N) is 5. The number of ether oxygens (including phenoxy) is 2. The van der Waals surface area contributed by atoms with Crippen molar-refractivity contribution >= 4 is 5.95 Å². The molecule has 2 aromatic rings. The van der Waals surface area contributed by atoms with Crippen LogP contribution >= 0.6 is 0 Å². The number of hydrogen-bond acceptors (Lipinski definition) is 7. The van der Waals surface area contributed by atoms with Crippen molar-refractivity contribution in [3.05, 3.63) is 30.5 Å². The summed E-state index contributed by atoms with van der Waals surface area (Å²) in [4.78, 5) is 20.1. The van der Waals surface area contributed by atoms with Crippen molar-refractivity contribution in [1.29, 1.82) is 0 Å². The van der Waals surface area contributed by atoms with Gasteiger partial charge >= 0.3 is 0 Å². The highest BCUT2D eigenvalue weighted by Crippen LogP contribution is 2.34. The molecule has 2 saturated heterocycles. The second kappa shape index (κ2) is 6.55. The van der Waals surface area contributed by atoms with E-state index in [9.17, 15) is 0 Å². The third-order valence-corrected chi connectivity index (χ3v) is 4.17. The Morgan fingerprint density at radius 3 is 2.70 bits per heavy atom. The molecule has 7 nitrogen and oxygen atoms in total. The molecule has 0 amide bonds. The summed E-state index contributed by atoms with van der Waals surface area (Å²) < 4.78 is 11.3. The number of anilines is 1. The molecule has 2 aliphatic rings. The summed E-state index contributed by atoms with van der Waals surface area (Å²) >= 11 is 0. The van der Waals surface area contributed by atoms with Crippen LogP contribution in [-0.4, -0.2) is 52.8 Å². The first-order valence-electron chi connectivity index (χ1n) is 7.99. The summed E-state index contributed by atoms with van der Waals surface area (Å²) in [5, 5.41) is 0. The lowest BCUT2D eigenvalue weighted by molar-refractivity contribution is 0.108. The van der Waals surface area contributed by atoms with E-state index in [0.29, 0.717) is 13.2 Å². The van der Waals surface area contributed by atoms with Gasteiger partial charge in [-0.2, -0.15) is 0 Å². The van der Waals surface area contributed by atoms with Crippen LogP contribution in [0.15, 0.2) is 24.8 Å². The summed E-state index contributed by atoms with van der Waals surface area (Å²) in [6, 6.07) is 0. The Hall–Kier alpha value is -2.12. The zero-order valence-corrected chi connectivity index (χ0v) is 12.9. The third-order valence-electron chi connectivity index (χ3n) is 4.17. The standard InChI is InChI=1S/C16H19N5O2/c1-2-14(23-7-1)15-12(13-11-17-3-4-18-13)10-19-16(20-15)21-5-8-22-9-6-21/h3-4,10-11,14H,1-2,5-9H2. The van der Waals surface area contributed by atoms with Crippen LogP contribution in [0.4, 0.5) is 5.95 Å². The smallest absolute Gasteiger partial charge is 0.225 e. The molecule has 0 N–H and O–H groups in total. The molecule has 4 heterocycles. The van der Waals surface area contributed by atoms with E-state index in [1.54, 1.807) is 18.6 Å². The molecule has 0 aliphatic carbocycles. The molecular formula is C16H19N5O2. The summed E-state index contributed by atoms with van der Waals surface area (Å²) in [6.07, 6.45) is 8.98. The molecule has 0 spiro atoms. The number of aromatic nitrogens is 4. The zero-order valence-electron chi connectivity index (χ0n) is 12.9. The lowest BCUT2D eigenvalue weighted by atomic mass is 10.1. The molecule has 7 heteroatoms. The molecule has 2 fully saturated rings. The van der Waals surface area contributed by atoms with Crippen molar-refractivity contribution in [3.8, 4) is 11.3 Å². The first-order chi connectivity index (χ1) is 11.4. The number of morpholine rings is 1. The Morgan fingerprint density at radius 2 is 1.96 bits per heavy atom. The van der Waals surface area contributed by atoms with Crippen LogP contribution in [0.3, 0.4) is 0 Å². The molecule has 4 rings (SSSR count). The van der Waals surface area contributed by atoms with Crippen LogP contribution < -0.4 is 4.90 Å². The average Bonchev–Trinajstić information content (AvgIpc) is 3.17. The monoisotopic (exact) mass is 313 g/mol. The topological polar surface area (TPSA) is 73.3 Å². The van der Waals surface area contributed by atoms with Gasteiger partial charge in [-0.05, 0) is 12.8 Å². The molecule has 0 aromatic carbocycles. The predicted molar refractivity (Wildman–Crippen MR) is 84.0 cm³/mol. The van der Waals surface area contributed by atoms with Crippen molar-refractivity contribution in [1.82, 2.24) is 19.9 Å². The Morgan fingerprint density at radius 1 is 1.04 bits per heavy atom. The highest BCUT2D eigenvalue weighted by molar-refractivity contribution is 5.61. The molecule has 0 radical (unpaired) electrons. The molecule has 1 atom stereocenters. The van der Waals surface area contributed by atoms with E-state index < -0.39 is 0 Å². The van der Waals surface area contributed by atoms with Crippen molar-refractivity contribution in [3.63, 3.8) is 0 Å². The Balaban J connectivity index is 1.73. The average molecular weight is 313 g/mol. The van der Waals surface area contributed by atoms with Crippen LogP contribution in [0.5, 0.6) is 0 Å². The molecule has 2 aliphatic heterocycles. The largest absolute Gasteiger partial charge is 0.378 e. The number of hydrogen-bond donors (Lipinski definition) is 0. The SMILES string of the molecule is c1cnc(-c2cnc(N3CCOCC3)nc2C2CCCO2)cn1. The zero-order chi connectivity index (χ0) is 15.5. The second-order valence-electron chi connectivity index (χ2n) is 5.66. The fraction of sp³-hybridized carbons (Fsp3) is 0.500. The van der Waals surface area contributed by atoms with Gasteiger partial charge in [0.25, 0.3) is 0 Å². The molecule has 0 bridgehead atoms. The van der Waals surface area contributed by atoms with Crippen molar-refractivity contribution in [2.45, 2.75) is 18.9 Å². The summed E-state index contributed by atoms with van der Waals surface area (Å²) in [5.41, 5.74) is 2.60. The minimum absolute atomic E-state index is 0.00907. The Labute approximate surface area is 134 Å². The Kier molecular flexibility index (Phi) is 4.12. The highest BCUT2D eigenvalue weighted by atomic mass is 16.5. The van der Waals surface area contributed by atoms with Crippen molar-refractivity contribution in [2.24, 2.45) is 0 Å². The van der Waals surface area contributed by atoms with E-state index in [0.717, 1.165) is 55.4 Å². The molecule has 2 aromatic heterocycles. The second-order valence-corrected chi connectivity index (χ2v) is 5.66. The summed E-state index contributed by atoms with van der Waals surface area (Å²) in [7, 11) is 0. The normalized spacial score (nSPS) is 21.6. The van der Waals surface area contributed by atoms with E-state index >= 15 is 0 Å². The van der Waals surface area contributed by atoms with Gasteiger partial charge in [-0.25, -0.2) is 9.97 Å². The molecule has 0 saturated carbocycles. The van der Waals surface area contributed by atoms with E-state index in [2.05, 4.69) is 19.9 Å². The van der Waals surface area contributed by atoms with Gasteiger partial charge in [-0.1, -0.05) is 0 Å². The van der Waals surface area contributed by atoms with Crippen LogP contribution in [0.1, 0.15) is 24.6 Å². The molecule has 23 heavy (non-hydrogen) atoms. The predicted octanol–water partition coefficient (Wildman–Crippen LogP) is 1.62. The van der Waals surface area contributed by atoms with Gasteiger partial charge in [0.05, 0.1) is 30.8 Å². The minimum atomic E-state index is 0.00907. The minimum Gasteiger partial charge on any atom is -0.378 e. The van der Waals surface area contributed by atoms with Crippen LogP contribution in [-0.2, 0) is 9.47 Å². The number of rotatable bonds is 3. The van der Waals surface area contributed by atoms with Gasteiger partial charge in [0.2, 0.25) is 5.95 Å². The molecular weight excluding hydrogens is 294 g/mol. The molecule has 120 valence electrons. The maximum atomic E-state index is 5.86. The van der Waals surface area contributed by atoms with E-state index in [1.165, 1.54) is 0 Å². The van der Waals surface area contributed by atoms with E-state index in [4.69, 9.17) is 14.5 Å². The fourth-order valence-corrected chi connectivity index (χ4v) is 2.98. The van der Waals surface area contributed by atoms with Crippen LogP contribution in [0.2, 0.25) is 0 Å². The Bertz CT molecular complexity index is 655. The van der Waals surface area contributed by atoms with Crippen LogP contribution in [0, 0.1) is 0 Å². The fourth-order valence-electron chi connectivity index (χ4n) is 2.98. The van der Waals surface area contributed by atoms with Gasteiger partial charge in [0, 0.05) is 43.9 Å². The van der Waals surface area contributed by atoms with Gasteiger partial charge in [-0.15, -0.1) is 0 Å². The molecule has 1 unspecified atom stereocenters. The van der Waals surface area contributed by atoms with E-state index in [-0.39, 0.29) is 6.10 Å². The maximum absolute atomic E-state index is 5.86.